The Morgan fingerprint density at radius 3 is 2.92 bits per heavy atom. The molecule has 1 aliphatic heterocycles. The number of nitrogens with zero attached hydrogens (tertiary/aromatic N) is 4. The minimum atomic E-state index is 0.121. The molecule has 4 rings (SSSR count). The quantitative estimate of drug-likeness (QED) is 0.737. The molecule has 1 fully saturated rings. The van der Waals surface area contributed by atoms with Crippen LogP contribution in [0, 0.1) is 6.92 Å². The van der Waals surface area contributed by atoms with Gasteiger partial charge in [-0.1, -0.05) is 0 Å². The van der Waals surface area contributed by atoms with Crippen molar-refractivity contribution in [2.24, 2.45) is 0 Å². The summed E-state index contributed by atoms with van der Waals surface area (Å²) in [5.74, 6) is 2.62. The van der Waals surface area contributed by atoms with Crippen LogP contribution in [0.3, 0.4) is 0 Å². The van der Waals surface area contributed by atoms with E-state index in [1.165, 1.54) is 6.33 Å². The summed E-state index contributed by atoms with van der Waals surface area (Å²) in [6, 6.07) is 4.17. The Bertz CT molecular complexity index is 808. The fourth-order valence-corrected chi connectivity index (χ4v) is 3.02. The van der Waals surface area contributed by atoms with Gasteiger partial charge in [-0.05, 0) is 19.1 Å². The van der Waals surface area contributed by atoms with Crippen LogP contribution in [0.1, 0.15) is 17.6 Å². The van der Waals surface area contributed by atoms with Gasteiger partial charge in [0.1, 0.15) is 23.4 Å². The molecule has 1 atom stereocenters. The first-order valence-corrected chi connectivity index (χ1v) is 8.07. The topological polar surface area (TPSA) is 92.1 Å². The summed E-state index contributed by atoms with van der Waals surface area (Å²) >= 11 is 0. The van der Waals surface area contributed by atoms with Crippen molar-refractivity contribution in [1.82, 2.24) is 24.8 Å². The largest absolute Gasteiger partial charge is 0.465 e. The highest BCUT2D eigenvalue weighted by Crippen LogP contribution is 2.25. The first-order valence-electron chi connectivity index (χ1n) is 8.07. The number of anilines is 1. The minimum absolute atomic E-state index is 0.121. The maximum atomic E-state index is 5.88. The zero-order valence-electron chi connectivity index (χ0n) is 13.5. The zero-order chi connectivity index (χ0) is 16.4. The third-order valence-electron chi connectivity index (χ3n) is 4.26. The van der Waals surface area contributed by atoms with Crippen molar-refractivity contribution in [3.63, 3.8) is 0 Å². The van der Waals surface area contributed by atoms with E-state index in [4.69, 9.17) is 9.15 Å². The molecule has 1 aliphatic rings. The molecule has 0 aliphatic carbocycles. The predicted octanol–water partition coefficient (Wildman–Crippen LogP) is 1.74. The molecule has 2 N–H and O–H groups in total. The Morgan fingerprint density at radius 1 is 1.25 bits per heavy atom. The molecule has 4 heterocycles. The normalized spacial score (nSPS) is 17.2. The number of nitrogens with one attached hydrogen (secondary N) is 2. The number of ether oxygens (including phenoxy) is 1. The number of imidazole rings is 1. The van der Waals surface area contributed by atoms with Crippen LogP contribution in [-0.4, -0.2) is 57.7 Å². The number of hydrogen-bond donors (Lipinski definition) is 2. The van der Waals surface area contributed by atoms with Gasteiger partial charge in [0.2, 0.25) is 0 Å². The lowest BCUT2D eigenvalue weighted by molar-refractivity contribution is 0.0143. The second-order valence-electron chi connectivity index (χ2n) is 5.82. The SMILES string of the molecule is Cc1ccc(C(CNc2ncnc3nc[nH]c23)N2CCOCC2)o1. The molecule has 0 amide bonds. The van der Waals surface area contributed by atoms with Gasteiger partial charge in [0.25, 0.3) is 0 Å². The van der Waals surface area contributed by atoms with E-state index in [2.05, 4.69) is 30.2 Å². The van der Waals surface area contributed by atoms with Gasteiger partial charge in [0.05, 0.1) is 25.6 Å². The molecule has 8 heteroatoms. The predicted molar refractivity (Wildman–Crippen MR) is 88.8 cm³/mol. The number of hydrogen-bond acceptors (Lipinski definition) is 7. The van der Waals surface area contributed by atoms with Crippen LogP contribution >= 0.6 is 0 Å². The highest BCUT2D eigenvalue weighted by molar-refractivity contribution is 5.81. The van der Waals surface area contributed by atoms with Crippen molar-refractivity contribution >= 4 is 17.0 Å². The lowest BCUT2D eigenvalue weighted by Crippen LogP contribution is -2.41. The molecule has 0 spiro atoms. The van der Waals surface area contributed by atoms with Gasteiger partial charge in [-0.2, -0.15) is 0 Å². The highest BCUT2D eigenvalue weighted by atomic mass is 16.5. The van der Waals surface area contributed by atoms with Gasteiger partial charge < -0.3 is 19.5 Å². The highest BCUT2D eigenvalue weighted by Gasteiger charge is 2.25. The first-order chi connectivity index (χ1) is 11.8. The van der Waals surface area contributed by atoms with E-state index in [1.807, 2.05) is 19.1 Å². The van der Waals surface area contributed by atoms with Crippen LogP contribution in [0.25, 0.3) is 11.2 Å². The Kier molecular flexibility index (Phi) is 4.14. The molecule has 0 radical (unpaired) electrons. The van der Waals surface area contributed by atoms with E-state index in [0.717, 1.165) is 49.2 Å². The Balaban J connectivity index is 1.56. The molecule has 8 nitrogen and oxygen atoms in total. The van der Waals surface area contributed by atoms with Crippen molar-refractivity contribution in [2.45, 2.75) is 13.0 Å². The summed E-state index contributed by atoms with van der Waals surface area (Å²) in [6.45, 7) is 5.90. The minimum Gasteiger partial charge on any atom is -0.465 e. The maximum absolute atomic E-state index is 5.88. The van der Waals surface area contributed by atoms with Crippen LogP contribution < -0.4 is 5.32 Å². The second-order valence-corrected chi connectivity index (χ2v) is 5.82. The summed E-state index contributed by atoms with van der Waals surface area (Å²) in [5.41, 5.74) is 1.47. The Hall–Kier alpha value is -2.45. The van der Waals surface area contributed by atoms with Crippen molar-refractivity contribution in [3.05, 3.63) is 36.3 Å². The molecule has 1 unspecified atom stereocenters. The third kappa shape index (κ3) is 2.98. The molecule has 3 aromatic heterocycles. The summed E-state index contributed by atoms with van der Waals surface area (Å²) in [4.78, 5) is 18.1. The zero-order valence-corrected chi connectivity index (χ0v) is 13.5. The lowest BCUT2D eigenvalue weighted by atomic mass is 10.1. The van der Waals surface area contributed by atoms with Gasteiger partial charge in [-0.15, -0.1) is 0 Å². The van der Waals surface area contributed by atoms with Gasteiger partial charge in [-0.3, -0.25) is 4.90 Å². The Morgan fingerprint density at radius 2 is 2.12 bits per heavy atom. The van der Waals surface area contributed by atoms with Gasteiger partial charge >= 0.3 is 0 Å². The van der Waals surface area contributed by atoms with Crippen molar-refractivity contribution in [3.8, 4) is 0 Å². The van der Waals surface area contributed by atoms with Crippen molar-refractivity contribution in [2.75, 3.05) is 38.2 Å². The molecule has 0 aromatic carbocycles. The van der Waals surface area contributed by atoms with Crippen molar-refractivity contribution in [1.29, 1.82) is 0 Å². The summed E-state index contributed by atoms with van der Waals surface area (Å²) in [7, 11) is 0. The molecule has 1 saturated heterocycles. The van der Waals surface area contributed by atoms with Gasteiger partial charge in [-0.25, -0.2) is 15.0 Å². The van der Waals surface area contributed by atoms with Crippen LogP contribution in [0.4, 0.5) is 5.82 Å². The number of aromatic amines is 1. The number of H-pyrrole nitrogens is 1. The van der Waals surface area contributed by atoms with E-state index >= 15 is 0 Å². The van der Waals surface area contributed by atoms with Gasteiger partial charge in [0, 0.05) is 19.6 Å². The summed E-state index contributed by atoms with van der Waals surface area (Å²) in [5, 5.41) is 3.41. The fourth-order valence-electron chi connectivity index (χ4n) is 3.02. The number of furan rings is 1. The van der Waals surface area contributed by atoms with E-state index < -0.39 is 0 Å². The molecule has 24 heavy (non-hydrogen) atoms. The van der Waals surface area contributed by atoms with Crippen LogP contribution in [0.15, 0.2) is 29.2 Å². The smallest absolute Gasteiger partial charge is 0.182 e. The molecule has 0 bridgehead atoms. The summed E-state index contributed by atoms with van der Waals surface area (Å²) in [6.07, 6.45) is 3.15. The van der Waals surface area contributed by atoms with Crippen LogP contribution in [0.5, 0.6) is 0 Å². The van der Waals surface area contributed by atoms with Crippen LogP contribution in [-0.2, 0) is 4.74 Å². The molecular formula is C16H20N6O2. The monoisotopic (exact) mass is 328 g/mol. The van der Waals surface area contributed by atoms with Crippen molar-refractivity contribution < 1.29 is 9.15 Å². The van der Waals surface area contributed by atoms with Gasteiger partial charge in [0.15, 0.2) is 11.5 Å². The fraction of sp³-hybridized carbons (Fsp3) is 0.438. The Labute approximate surface area is 139 Å². The van der Waals surface area contributed by atoms with E-state index in [-0.39, 0.29) is 6.04 Å². The number of aromatic nitrogens is 4. The number of rotatable bonds is 5. The number of fused-ring (bicyclic) bond motifs is 1. The molecular weight excluding hydrogens is 308 g/mol. The lowest BCUT2D eigenvalue weighted by Gasteiger charge is -2.33. The second kappa shape index (κ2) is 6.58. The average molecular weight is 328 g/mol. The number of aryl methyl sites for hydroxylation is 1. The van der Waals surface area contributed by atoms with Crippen LogP contribution in [0.2, 0.25) is 0 Å². The maximum Gasteiger partial charge on any atom is 0.182 e. The standard InChI is InChI=1S/C16H20N6O2/c1-11-2-3-13(24-11)12(22-4-6-23-7-5-22)8-17-15-14-16(19-9-18-14)21-10-20-15/h2-3,9-10,12H,4-8H2,1H3,(H2,17,18,19,20,21). The molecule has 3 aromatic rings. The number of morpholine rings is 1. The molecule has 126 valence electrons. The summed E-state index contributed by atoms with van der Waals surface area (Å²) < 4.78 is 11.4. The van der Waals surface area contributed by atoms with E-state index in [0.29, 0.717) is 12.2 Å². The third-order valence-corrected chi connectivity index (χ3v) is 4.26. The first kappa shape index (κ1) is 15.1. The van der Waals surface area contributed by atoms with E-state index in [1.54, 1.807) is 6.33 Å². The molecule has 0 saturated carbocycles. The average Bonchev–Trinajstić information content (AvgIpc) is 3.25. The van der Waals surface area contributed by atoms with E-state index in [9.17, 15) is 0 Å².